The van der Waals surface area contributed by atoms with Gasteiger partial charge < -0.3 is 15.8 Å². The predicted molar refractivity (Wildman–Crippen MR) is 89.1 cm³/mol. The maximum atomic E-state index is 5.87. The Morgan fingerprint density at radius 1 is 1.38 bits per heavy atom. The molecule has 0 saturated heterocycles. The summed E-state index contributed by atoms with van der Waals surface area (Å²) >= 11 is 1.76. The van der Waals surface area contributed by atoms with Crippen LogP contribution >= 0.6 is 11.3 Å². The third-order valence-electron chi connectivity index (χ3n) is 3.16. The molecule has 1 aromatic carbocycles. The number of rotatable bonds is 6. The van der Waals surface area contributed by atoms with Gasteiger partial charge in [0.2, 0.25) is 0 Å². The lowest BCUT2D eigenvalue weighted by molar-refractivity contribution is 0.411. The third-order valence-corrected chi connectivity index (χ3v) is 4.10. The van der Waals surface area contributed by atoms with Crippen molar-refractivity contribution in [1.82, 2.24) is 5.32 Å². The lowest BCUT2D eigenvalue weighted by Gasteiger charge is -2.07. The number of hydrogen-bond donors (Lipinski definition) is 2. The van der Waals surface area contributed by atoms with Gasteiger partial charge in [-0.25, -0.2) is 4.99 Å². The van der Waals surface area contributed by atoms with E-state index in [0.717, 1.165) is 29.8 Å². The van der Waals surface area contributed by atoms with Gasteiger partial charge >= 0.3 is 0 Å². The highest BCUT2D eigenvalue weighted by Gasteiger charge is 2.00. The van der Waals surface area contributed by atoms with E-state index in [4.69, 9.17) is 10.5 Å². The molecule has 0 unspecified atom stereocenters. The first kappa shape index (κ1) is 15.4. The first-order valence-corrected chi connectivity index (χ1v) is 7.76. The van der Waals surface area contributed by atoms with Crippen LogP contribution in [0, 0.1) is 6.92 Å². The van der Waals surface area contributed by atoms with Crippen LogP contribution in [0.4, 0.5) is 0 Å². The van der Waals surface area contributed by atoms with Crippen molar-refractivity contribution < 1.29 is 4.74 Å². The molecule has 112 valence electrons. The fourth-order valence-electron chi connectivity index (χ4n) is 1.96. The minimum absolute atomic E-state index is 0.478. The number of aryl methyl sites for hydroxylation is 1. The molecule has 5 heteroatoms. The van der Waals surface area contributed by atoms with E-state index in [1.165, 1.54) is 4.88 Å². The Morgan fingerprint density at radius 2 is 2.24 bits per heavy atom. The summed E-state index contributed by atoms with van der Waals surface area (Å²) in [5.74, 6) is 1.36. The fraction of sp³-hybridized carbons (Fsp3) is 0.312. The van der Waals surface area contributed by atoms with E-state index in [2.05, 4.69) is 27.8 Å². The first-order valence-electron chi connectivity index (χ1n) is 6.88. The zero-order chi connectivity index (χ0) is 15.1. The minimum Gasteiger partial charge on any atom is -0.496 e. The van der Waals surface area contributed by atoms with Gasteiger partial charge in [0, 0.05) is 11.4 Å². The average molecular weight is 303 g/mol. The van der Waals surface area contributed by atoms with Gasteiger partial charge in [0.25, 0.3) is 0 Å². The van der Waals surface area contributed by atoms with Crippen LogP contribution in [-0.4, -0.2) is 19.6 Å². The summed E-state index contributed by atoms with van der Waals surface area (Å²) in [7, 11) is 1.68. The van der Waals surface area contributed by atoms with Crippen LogP contribution in [0.1, 0.15) is 16.0 Å². The second kappa shape index (κ2) is 7.69. The van der Waals surface area contributed by atoms with Gasteiger partial charge in [-0.3, -0.25) is 0 Å². The summed E-state index contributed by atoms with van der Waals surface area (Å²) in [5.41, 5.74) is 8.07. The van der Waals surface area contributed by atoms with Gasteiger partial charge in [0.1, 0.15) is 5.75 Å². The fourth-order valence-corrected chi connectivity index (χ4v) is 2.67. The summed E-state index contributed by atoms with van der Waals surface area (Å²) in [6, 6.07) is 10.3. The number of nitrogens with two attached hydrogens (primary N) is 1. The van der Waals surface area contributed by atoms with E-state index < -0.39 is 0 Å². The number of ether oxygens (including phenoxy) is 1. The molecule has 0 amide bonds. The highest BCUT2D eigenvalue weighted by Crippen LogP contribution is 2.19. The topological polar surface area (TPSA) is 59.6 Å². The number of guanidine groups is 1. The molecule has 1 heterocycles. The number of aliphatic imine (C=N–C) groups is 1. The zero-order valence-electron chi connectivity index (χ0n) is 12.4. The lowest BCUT2D eigenvalue weighted by atomic mass is 10.1. The molecule has 4 nitrogen and oxygen atoms in total. The van der Waals surface area contributed by atoms with E-state index in [9.17, 15) is 0 Å². The molecule has 0 fully saturated rings. The number of hydrogen-bond acceptors (Lipinski definition) is 3. The average Bonchev–Trinajstić information content (AvgIpc) is 2.99. The standard InChI is InChI=1S/C16H21N3OS/c1-12-5-6-13(10-15(12)20-2)11-19-16(17)18-8-7-14-4-3-9-21-14/h3-6,9-10H,7-8,11H2,1-2H3,(H3,17,18,19). The van der Waals surface area contributed by atoms with Gasteiger partial charge in [-0.2, -0.15) is 0 Å². The highest BCUT2D eigenvalue weighted by atomic mass is 32.1. The van der Waals surface area contributed by atoms with Crippen molar-refractivity contribution in [3.63, 3.8) is 0 Å². The third kappa shape index (κ3) is 4.79. The largest absolute Gasteiger partial charge is 0.496 e. The molecule has 0 bridgehead atoms. The molecule has 0 aliphatic heterocycles. The molecular weight excluding hydrogens is 282 g/mol. The molecule has 3 N–H and O–H groups in total. The summed E-state index contributed by atoms with van der Waals surface area (Å²) in [5, 5.41) is 5.22. The van der Waals surface area contributed by atoms with Crippen molar-refractivity contribution >= 4 is 17.3 Å². The quantitative estimate of drug-likeness (QED) is 0.637. The second-order valence-electron chi connectivity index (χ2n) is 4.76. The van der Waals surface area contributed by atoms with Gasteiger partial charge in [0.15, 0.2) is 5.96 Å². The summed E-state index contributed by atoms with van der Waals surface area (Å²) in [6.07, 6.45) is 0.965. The van der Waals surface area contributed by atoms with Crippen LogP contribution in [0.15, 0.2) is 40.7 Å². The Balaban J connectivity index is 1.82. The molecular formula is C16H21N3OS. The van der Waals surface area contributed by atoms with Crippen molar-refractivity contribution in [2.45, 2.75) is 19.9 Å². The summed E-state index contributed by atoms with van der Waals surface area (Å²) < 4.78 is 5.30. The number of methoxy groups -OCH3 is 1. The van der Waals surface area contributed by atoms with Crippen molar-refractivity contribution in [1.29, 1.82) is 0 Å². The number of benzene rings is 1. The van der Waals surface area contributed by atoms with Crippen LogP contribution < -0.4 is 15.8 Å². The SMILES string of the molecule is COc1cc(CN=C(N)NCCc2cccs2)ccc1C. The van der Waals surface area contributed by atoms with Crippen LogP contribution in [-0.2, 0) is 13.0 Å². The van der Waals surface area contributed by atoms with Crippen LogP contribution in [0.2, 0.25) is 0 Å². The summed E-state index contributed by atoms with van der Waals surface area (Å²) in [4.78, 5) is 5.70. The normalized spacial score (nSPS) is 11.4. The molecule has 0 saturated carbocycles. The Morgan fingerprint density at radius 3 is 2.95 bits per heavy atom. The number of nitrogens with one attached hydrogen (secondary N) is 1. The number of nitrogens with zero attached hydrogens (tertiary/aromatic N) is 1. The Hall–Kier alpha value is -2.01. The molecule has 0 aliphatic rings. The predicted octanol–water partition coefficient (Wildman–Crippen LogP) is 2.71. The molecule has 21 heavy (non-hydrogen) atoms. The smallest absolute Gasteiger partial charge is 0.188 e. The van der Waals surface area contributed by atoms with Crippen molar-refractivity contribution in [3.8, 4) is 5.75 Å². The van der Waals surface area contributed by atoms with Crippen molar-refractivity contribution in [3.05, 3.63) is 51.7 Å². The first-order chi connectivity index (χ1) is 10.2. The molecule has 0 radical (unpaired) electrons. The van der Waals surface area contributed by atoms with E-state index in [-0.39, 0.29) is 0 Å². The Labute approximate surface area is 129 Å². The van der Waals surface area contributed by atoms with Crippen LogP contribution in [0.25, 0.3) is 0 Å². The minimum atomic E-state index is 0.478. The van der Waals surface area contributed by atoms with E-state index in [0.29, 0.717) is 12.5 Å². The Kier molecular flexibility index (Phi) is 5.63. The van der Waals surface area contributed by atoms with Gasteiger partial charge in [-0.05, 0) is 42.0 Å². The lowest BCUT2D eigenvalue weighted by Crippen LogP contribution is -2.33. The van der Waals surface area contributed by atoms with Gasteiger partial charge in [-0.15, -0.1) is 11.3 Å². The Bertz CT molecular complexity index is 594. The molecule has 1 aromatic heterocycles. The molecule has 0 aliphatic carbocycles. The van der Waals surface area contributed by atoms with Gasteiger partial charge in [0.05, 0.1) is 13.7 Å². The van der Waals surface area contributed by atoms with E-state index >= 15 is 0 Å². The monoisotopic (exact) mass is 303 g/mol. The van der Waals surface area contributed by atoms with Crippen molar-refractivity contribution in [2.24, 2.45) is 10.7 Å². The van der Waals surface area contributed by atoms with E-state index in [1.807, 2.05) is 25.1 Å². The molecule has 2 aromatic rings. The second-order valence-corrected chi connectivity index (χ2v) is 5.79. The highest BCUT2D eigenvalue weighted by molar-refractivity contribution is 7.09. The van der Waals surface area contributed by atoms with E-state index in [1.54, 1.807) is 18.4 Å². The van der Waals surface area contributed by atoms with Gasteiger partial charge in [-0.1, -0.05) is 18.2 Å². The maximum Gasteiger partial charge on any atom is 0.188 e. The maximum absolute atomic E-state index is 5.87. The van der Waals surface area contributed by atoms with Crippen LogP contribution in [0.3, 0.4) is 0 Å². The summed E-state index contributed by atoms with van der Waals surface area (Å²) in [6.45, 7) is 3.37. The molecule has 0 atom stereocenters. The zero-order valence-corrected chi connectivity index (χ0v) is 13.2. The van der Waals surface area contributed by atoms with Crippen molar-refractivity contribution in [2.75, 3.05) is 13.7 Å². The molecule has 2 rings (SSSR count). The number of thiophene rings is 1. The van der Waals surface area contributed by atoms with Crippen LogP contribution in [0.5, 0.6) is 5.75 Å². The molecule has 0 spiro atoms.